The van der Waals surface area contributed by atoms with Gasteiger partial charge in [-0.2, -0.15) is 0 Å². The third-order valence-corrected chi connectivity index (χ3v) is 3.27. The van der Waals surface area contributed by atoms with Crippen molar-refractivity contribution >= 4 is 5.69 Å². The van der Waals surface area contributed by atoms with Crippen LogP contribution in [0.25, 0.3) is 0 Å². The van der Waals surface area contributed by atoms with Crippen LogP contribution in [0, 0.1) is 0 Å². The number of hydrogen-bond donors (Lipinski definition) is 2. The van der Waals surface area contributed by atoms with E-state index in [1.807, 2.05) is 0 Å². The fourth-order valence-corrected chi connectivity index (χ4v) is 2.26. The molecule has 0 bridgehead atoms. The van der Waals surface area contributed by atoms with Crippen molar-refractivity contribution in [3.05, 3.63) is 29.8 Å². The Labute approximate surface area is 98.2 Å². The maximum absolute atomic E-state index is 5.81. The Morgan fingerprint density at radius 3 is 2.38 bits per heavy atom. The second kappa shape index (κ2) is 4.10. The first-order valence-corrected chi connectivity index (χ1v) is 6.08. The lowest BCUT2D eigenvalue weighted by Crippen LogP contribution is -2.44. The third kappa shape index (κ3) is 2.38. The van der Waals surface area contributed by atoms with E-state index in [1.54, 1.807) is 0 Å². The van der Waals surface area contributed by atoms with Crippen LogP contribution in [0.15, 0.2) is 24.3 Å². The predicted molar refractivity (Wildman–Crippen MR) is 69.8 cm³/mol. The lowest BCUT2D eigenvalue weighted by Gasteiger charge is -2.35. The van der Waals surface area contributed by atoms with E-state index in [0.717, 1.165) is 12.8 Å². The number of rotatable bonds is 2. The number of hydrogen-bond acceptors (Lipinski definition) is 2. The van der Waals surface area contributed by atoms with Crippen LogP contribution in [0.2, 0.25) is 0 Å². The Bertz CT molecular complexity index is 359. The quantitative estimate of drug-likeness (QED) is 0.801. The monoisotopic (exact) mass is 218 g/mol. The first kappa shape index (κ1) is 11.5. The summed E-state index contributed by atoms with van der Waals surface area (Å²) in [6.07, 6.45) is 2.19. The molecule has 0 aromatic heterocycles. The van der Waals surface area contributed by atoms with Crippen LogP contribution < -0.4 is 11.1 Å². The molecule has 0 aliphatic heterocycles. The van der Waals surface area contributed by atoms with Gasteiger partial charge in [0.15, 0.2) is 0 Å². The Morgan fingerprint density at radius 1 is 1.19 bits per heavy atom. The van der Waals surface area contributed by atoms with E-state index in [-0.39, 0.29) is 5.41 Å². The summed E-state index contributed by atoms with van der Waals surface area (Å²) in [4.78, 5) is 0. The van der Waals surface area contributed by atoms with E-state index in [9.17, 15) is 0 Å². The zero-order chi connectivity index (χ0) is 11.8. The van der Waals surface area contributed by atoms with Crippen LogP contribution in [-0.4, -0.2) is 12.1 Å². The molecule has 1 aliphatic carbocycles. The van der Waals surface area contributed by atoms with Crippen molar-refractivity contribution in [2.45, 2.75) is 51.1 Å². The van der Waals surface area contributed by atoms with Gasteiger partial charge in [-0.3, -0.25) is 0 Å². The minimum Gasteiger partial charge on any atom is -0.382 e. The largest absolute Gasteiger partial charge is 0.382 e. The van der Waals surface area contributed by atoms with Crippen molar-refractivity contribution in [2.24, 2.45) is 5.73 Å². The molecule has 1 aliphatic rings. The summed E-state index contributed by atoms with van der Waals surface area (Å²) in [5, 5.41) is 3.60. The fraction of sp³-hybridized carbons (Fsp3) is 0.571. The zero-order valence-corrected chi connectivity index (χ0v) is 10.5. The van der Waals surface area contributed by atoms with Gasteiger partial charge < -0.3 is 11.1 Å². The third-order valence-electron chi connectivity index (χ3n) is 3.27. The molecule has 0 spiro atoms. The van der Waals surface area contributed by atoms with E-state index < -0.39 is 0 Å². The van der Waals surface area contributed by atoms with Gasteiger partial charge in [0.1, 0.15) is 0 Å². The minimum atomic E-state index is 0.190. The van der Waals surface area contributed by atoms with Crippen molar-refractivity contribution < 1.29 is 0 Å². The molecule has 88 valence electrons. The van der Waals surface area contributed by atoms with Crippen LogP contribution in [0.4, 0.5) is 5.69 Å². The van der Waals surface area contributed by atoms with Crippen LogP contribution in [0.3, 0.4) is 0 Å². The number of nitrogens with one attached hydrogen (secondary N) is 1. The van der Waals surface area contributed by atoms with Gasteiger partial charge in [0.25, 0.3) is 0 Å². The molecule has 0 unspecified atom stereocenters. The van der Waals surface area contributed by atoms with Gasteiger partial charge in [-0.05, 0) is 29.9 Å². The minimum absolute atomic E-state index is 0.190. The van der Waals surface area contributed by atoms with Crippen LogP contribution in [0.5, 0.6) is 0 Å². The molecule has 1 aromatic carbocycles. The standard InChI is InChI=1S/C14H22N2/c1-14(2,3)12-6-4-5-7-13(12)16-11-8-10(15)9-11/h4-7,10-11,16H,8-9,15H2,1-3H3. The highest BCUT2D eigenvalue weighted by atomic mass is 15.0. The van der Waals surface area contributed by atoms with Gasteiger partial charge in [-0.15, -0.1) is 0 Å². The maximum atomic E-state index is 5.81. The number of benzene rings is 1. The van der Waals surface area contributed by atoms with Crippen molar-refractivity contribution in [2.75, 3.05) is 5.32 Å². The van der Waals surface area contributed by atoms with E-state index >= 15 is 0 Å². The van der Waals surface area contributed by atoms with Gasteiger partial charge in [0.2, 0.25) is 0 Å². The average Bonchev–Trinajstić information content (AvgIpc) is 2.14. The summed E-state index contributed by atoms with van der Waals surface area (Å²) in [5.41, 5.74) is 8.65. The van der Waals surface area contributed by atoms with E-state index in [0.29, 0.717) is 12.1 Å². The van der Waals surface area contributed by atoms with E-state index in [4.69, 9.17) is 5.73 Å². The normalized spacial score (nSPS) is 25.0. The SMILES string of the molecule is CC(C)(C)c1ccccc1NC1CC(N)C1. The number of nitrogens with two attached hydrogens (primary N) is 1. The molecule has 2 nitrogen and oxygen atoms in total. The second-order valence-electron chi connectivity index (χ2n) is 5.87. The Kier molecular flexibility index (Phi) is 2.94. The molecule has 1 fully saturated rings. The predicted octanol–water partition coefficient (Wildman–Crippen LogP) is 2.89. The molecule has 0 atom stereocenters. The smallest absolute Gasteiger partial charge is 0.0380 e. The maximum Gasteiger partial charge on any atom is 0.0380 e. The van der Waals surface area contributed by atoms with Gasteiger partial charge in [-0.1, -0.05) is 39.0 Å². The molecule has 3 N–H and O–H groups in total. The van der Waals surface area contributed by atoms with E-state index in [2.05, 4.69) is 50.4 Å². The molecular formula is C14H22N2. The highest BCUT2D eigenvalue weighted by Gasteiger charge is 2.27. The fourth-order valence-electron chi connectivity index (χ4n) is 2.26. The summed E-state index contributed by atoms with van der Waals surface area (Å²) in [6.45, 7) is 6.75. The van der Waals surface area contributed by atoms with Gasteiger partial charge in [0, 0.05) is 17.8 Å². The summed E-state index contributed by atoms with van der Waals surface area (Å²) < 4.78 is 0. The van der Waals surface area contributed by atoms with Gasteiger partial charge >= 0.3 is 0 Å². The molecule has 1 saturated carbocycles. The summed E-state index contributed by atoms with van der Waals surface area (Å²) in [7, 11) is 0. The average molecular weight is 218 g/mol. The van der Waals surface area contributed by atoms with Crippen molar-refractivity contribution in [1.29, 1.82) is 0 Å². The zero-order valence-electron chi connectivity index (χ0n) is 10.5. The Balaban J connectivity index is 2.14. The molecule has 0 heterocycles. The topological polar surface area (TPSA) is 38.0 Å². The van der Waals surface area contributed by atoms with Crippen molar-refractivity contribution in [1.82, 2.24) is 0 Å². The second-order valence-corrected chi connectivity index (χ2v) is 5.87. The molecule has 2 rings (SSSR count). The van der Waals surface area contributed by atoms with E-state index in [1.165, 1.54) is 11.3 Å². The van der Waals surface area contributed by atoms with Gasteiger partial charge in [0.05, 0.1) is 0 Å². The highest BCUT2D eigenvalue weighted by molar-refractivity contribution is 5.55. The summed E-state index contributed by atoms with van der Waals surface area (Å²) in [6, 6.07) is 9.55. The highest BCUT2D eigenvalue weighted by Crippen LogP contribution is 2.31. The first-order valence-electron chi connectivity index (χ1n) is 6.08. The molecule has 2 heteroatoms. The number of para-hydroxylation sites is 1. The van der Waals surface area contributed by atoms with Crippen molar-refractivity contribution in [3.63, 3.8) is 0 Å². The molecule has 1 aromatic rings. The molecular weight excluding hydrogens is 196 g/mol. The summed E-state index contributed by atoms with van der Waals surface area (Å²) in [5.74, 6) is 0. The lowest BCUT2D eigenvalue weighted by molar-refractivity contribution is 0.373. The van der Waals surface area contributed by atoms with Gasteiger partial charge in [-0.25, -0.2) is 0 Å². The van der Waals surface area contributed by atoms with Crippen LogP contribution in [-0.2, 0) is 5.41 Å². The first-order chi connectivity index (χ1) is 7.47. The van der Waals surface area contributed by atoms with Crippen LogP contribution >= 0.6 is 0 Å². The van der Waals surface area contributed by atoms with Crippen LogP contribution in [0.1, 0.15) is 39.2 Å². The number of anilines is 1. The molecule has 16 heavy (non-hydrogen) atoms. The molecule has 0 saturated heterocycles. The Morgan fingerprint density at radius 2 is 1.81 bits per heavy atom. The molecule has 0 amide bonds. The Hall–Kier alpha value is -1.02. The molecule has 0 radical (unpaired) electrons. The summed E-state index contributed by atoms with van der Waals surface area (Å²) >= 11 is 0. The lowest BCUT2D eigenvalue weighted by atomic mass is 9.83. The van der Waals surface area contributed by atoms with Crippen molar-refractivity contribution in [3.8, 4) is 0 Å².